The van der Waals surface area contributed by atoms with Gasteiger partial charge in [0.1, 0.15) is 12.6 Å². The second-order valence-corrected chi connectivity index (χ2v) is 20.0. The molecule has 0 radical (unpaired) electrons. The molecule has 0 spiro atoms. The Kier molecular flexibility index (Phi) is 9.47. The first-order chi connectivity index (χ1) is 24.5. The van der Waals surface area contributed by atoms with Crippen molar-refractivity contribution in [3.05, 3.63) is 47.5 Å². The number of benzene rings is 1. The minimum atomic E-state index is -1.70. The van der Waals surface area contributed by atoms with Crippen molar-refractivity contribution in [1.82, 2.24) is 5.32 Å². The van der Waals surface area contributed by atoms with Crippen molar-refractivity contribution >= 4 is 29.6 Å². The van der Waals surface area contributed by atoms with Gasteiger partial charge in [-0.05, 0) is 129 Å². The van der Waals surface area contributed by atoms with Crippen molar-refractivity contribution in [3.8, 4) is 0 Å². The van der Waals surface area contributed by atoms with Gasteiger partial charge >= 0.3 is 17.9 Å². The van der Waals surface area contributed by atoms with Crippen LogP contribution in [-0.4, -0.2) is 45.9 Å². The van der Waals surface area contributed by atoms with E-state index in [1.54, 1.807) is 0 Å². The number of hydrogen-bond donors (Lipinski definition) is 3. The zero-order chi connectivity index (χ0) is 39.2. The Hall–Kier alpha value is -3.49. The highest BCUT2D eigenvalue weighted by Gasteiger charge is 2.70. The fraction of sp³-hybridized carbons (Fsp3) is 0.705. The Balaban J connectivity index is 1.28. The minimum Gasteiger partial charge on any atom is -0.481 e. The predicted molar refractivity (Wildman–Crippen MR) is 200 cm³/mol. The lowest BCUT2D eigenvalue weighted by molar-refractivity contribution is -0.195. The van der Waals surface area contributed by atoms with Crippen LogP contribution in [0.25, 0.3) is 0 Å². The summed E-state index contributed by atoms with van der Waals surface area (Å²) in [5, 5.41) is 22.3. The number of amides is 1. The lowest BCUT2D eigenvalue weighted by Crippen LogP contribution is -2.67. The molecule has 1 amide bonds. The third-order valence-electron chi connectivity index (χ3n) is 16.4. The van der Waals surface area contributed by atoms with Gasteiger partial charge in [-0.1, -0.05) is 77.4 Å². The molecule has 0 aromatic heterocycles. The summed E-state index contributed by atoms with van der Waals surface area (Å²) in [5.41, 5.74) is -1.73. The zero-order valence-electron chi connectivity index (χ0n) is 33.3. The molecule has 5 aliphatic rings. The second kappa shape index (κ2) is 12.8. The summed E-state index contributed by atoms with van der Waals surface area (Å²) < 4.78 is 5.94. The summed E-state index contributed by atoms with van der Waals surface area (Å²) >= 11 is 0. The molecule has 9 nitrogen and oxygen atoms in total. The SMILES string of the molecule is CC(C)(C(=O)O)[C@@H](NC(=O)[C@H]1CC[C@]2(C)[C@H]3C(=O)C=C4[C@@H]5C[C@@](C)(C(=O)OCc6ccccc6)CC[C@]5(C)CC[C@@]4(C)[C@]3(C)CC[C@H]2C1(C)C)C(=O)O. The number of nitrogens with one attached hydrogen (secondary N) is 1. The molecule has 9 heteroatoms. The molecule has 4 fully saturated rings. The summed E-state index contributed by atoms with van der Waals surface area (Å²) in [7, 11) is 0. The molecule has 5 aliphatic carbocycles. The van der Waals surface area contributed by atoms with E-state index in [0.29, 0.717) is 19.3 Å². The number of carboxylic acid groups (broad SMARTS) is 2. The molecule has 0 heterocycles. The van der Waals surface area contributed by atoms with Gasteiger partial charge in [0.15, 0.2) is 5.78 Å². The van der Waals surface area contributed by atoms with Gasteiger partial charge in [-0.15, -0.1) is 0 Å². The van der Waals surface area contributed by atoms with E-state index in [0.717, 1.165) is 44.1 Å². The van der Waals surface area contributed by atoms with Crippen LogP contribution >= 0.6 is 0 Å². The Morgan fingerprint density at radius 2 is 1.53 bits per heavy atom. The van der Waals surface area contributed by atoms with Crippen LogP contribution in [0.15, 0.2) is 42.0 Å². The van der Waals surface area contributed by atoms with Crippen molar-refractivity contribution in [3.63, 3.8) is 0 Å². The van der Waals surface area contributed by atoms with Gasteiger partial charge in [0, 0.05) is 11.8 Å². The second-order valence-electron chi connectivity index (χ2n) is 20.0. The number of carbonyl (C=O) groups is 5. The third kappa shape index (κ3) is 5.89. The Labute approximate surface area is 315 Å². The van der Waals surface area contributed by atoms with Crippen LogP contribution in [0.1, 0.15) is 126 Å². The van der Waals surface area contributed by atoms with Gasteiger partial charge in [-0.3, -0.25) is 19.2 Å². The lowest BCUT2D eigenvalue weighted by Gasteiger charge is -2.70. The van der Waals surface area contributed by atoms with Crippen molar-refractivity contribution in [2.75, 3.05) is 0 Å². The Bertz CT molecular complexity index is 1730. The molecule has 4 saturated carbocycles. The minimum absolute atomic E-state index is 0.00836. The highest BCUT2D eigenvalue weighted by Crippen LogP contribution is 2.75. The van der Waals surface area contributed by atoms with Gasteiger partial charge in [0.05, 0.1) is 10.8 Å². The number of ether oxygens (including phenoxy) is 1. The highest BCUT2D eigenvalue weighted by atomic mass is 16.5. The Morgan fingerprint density at radius 1 is 0.887 bits per heavy atom. The van der Waals surface area contributed by atoms with Gasteiger partial charge in [0.25, 0.3) is 0 Å². The molecular weight excluding hydrogens is 670 g/mol. The van der Waals surface area contributed by atoms with Crippen LogP contribution in [0.3, 0.4) is 0 Å². The molecule has 0 aliphatic heterocycles. The lowest BCUT2D eigenvalue weighted by atomic mass is 9.33. The number of carboxylic acids is 2. The summed E-state index contributed by atoms with van der Waals surface area (Å²) in [6.07, 6.45) is 9.07. The van der Waals surface area contributed by atoms with Crippen LogP contribution < -0.4 is 5.32 Å². The van der Waals surface area contributed by atoms with Crippen molar-refractivity contribution in [1.29, 1.82) is 0 Å². The smallest absolute Gasteiger partial charge is 0.327 e. The maximum Gasteiger partial charge on any atom is 0.327 e. The number of aliphatic carboxylic acids is 2. The molecule has 6 rings (SSSR count). The van der Waals surface area contributed by atoms with Crippen molar-refractivity contribution < 1.29 is 38.9 Å². The predicted octanol–water partition coefficient (Wildman–Crippen LogP) is 8.01. The highest BCUT2D eigenvalue weighted by molar-refractivity contribution is 5.96. The molecule has 0 unspecified atom stereocenters. The van der Waals surface area contributed by atoms with E-state index in [1.165, 1.54) is 19.4 Å². The van der Waals surface area contributed by atoms with E-state index >= 15 is 0 Å². The molecule has 53 heavy (non-hydrogen) atoms. The van der Waals surface area contributed by atoms with E-state index in [-0.39, 0.29) is 52.4 Å². The molecule has 10 atom stereocenters. The summed E-state index contributed by atoms with van der Waals surface area (Å²) in [6.45, 7) is 18.4. The maximum absolute atomic E-state index is 14.9. The van der Waals surface area contributed by atoms with Crippen molar-refractivity contribution in [2.45, 2.75) is 133 Å². The number of hydrogen-bond acceptors (Lipinski definition) is 6. The number of carbonyl (C=O) groups excluding carboxylic acids is 3. The van der Waals surface area contributed by atoms with Crippen LogP contribution in [0, 0.1) is 61.6 Å². The average Bonchev–Trinajstić information content (AvgIpc) is 3.07. The zero-order valence-corrected chi connectivity index (χ0v) is 33.3. The van der Waals surface area contributed by atoms with E-state index in [4.69, 9.17) is 4.74 Å². The van der Waals surface area contributed by atoms with Crippen LogP contribution in [0.4, 0.5) is 0 Å². The summed E-state index contributed by atoms with van der Waals surface area (Å²) in [6, 6.07) is 8.18. The monoisotopic (exact) mass is 731 g/mol. The van der Waals surface area contributed by atoms with E-state index < -0.39 is 51.5 Å². The summed E-state index contributed by atoms with van der Waals surface area (Å²) in [5.74, 6) is -3.81. The molecular formula is C44H61NO8. The Morgan fingerprint density at radius 3 is 2.15 bits per heavy atom. The van der Waals surface area contributed by atoms with Gasteiger partial charge < -0.3 is 20.3 Å². The van der Waals surface area contributed by atoms with Gasteiger partial charge in [-0.25, -0.2) is 4.79 Å². The molecule has 1 aromatic rings. The largest absolute Gasteiger partial charge is 0.481 e. The normalized spacial score (nSPS) is 39.5. The first-order valence-electron chi connectivity index (χ1n) is 19.7. The standard InChI is InChI=1S/C44H61NO8/c1-38(2)27(34(47)45-33(35(48)49)39(3,4)36(50)51)15-17-42(7)31(38)16-18-44(9)32(42)30(46)23-28-29-24-41(6,20-19-40(29,5)21-22-43(28,44)8)37(52)53-25-26-13-11-10-12-14-26/h10-14,23,27,29,31-33H,15-22,24-25H2,1-9H3,(H,45,47)(H,48,49)(H,50,51)/t27-,29+,31+,32-,33+,40-,41+,42+,43-,44-/m1/s1. The van der Waals surface area contributed by atoms with Crippen LogP contribution in [0.2, 0.25) is 0 Å². The molecule has 290 valence electrons. The van der Waals surface area contributed by atoms with Crippen molar-refractivity contribution in [2.24, 2.45) is 61.6 Å². The maximum atomic E-state index is 14.9. The molecule has 1 aromatic carbocycles. The average molecular weight is 732 g/mol. The van der Waals surface area contributed by atoms with Crippen LogP contribution in [-0.2, 0) is 35.3 Å². The van der Waals surface area contributed by atoms with Gasteiger partial charge in [-0.2, -0.15) is 0 Å². The van der Waals surface area contributed by atoms with Gasteiger partial charge in [0.2, 0.25) is 5.91 Å². The number of esters is 1. The molecule has 3 N–H and O–H groups in total. The number of allylic oxidation sites excluding steroid dienone is 2. The number of rotatable bonds is 8. The van der Waals surface area contributed by atoms with E-state index in [2.05, 4.69) is 46.9 Å². The third-order valence-corrected chi connectivity index (χ3v) is 16.4. The fourth-order valence-corrected chi connectivity index (χ4v) is 12.7. The van der Waals surface area contributed by atoms with E-state index in [9.17, 15) is 34.2 Å². The molecule has 0 bridgehead atoms. The molecule has 0 saturated heterocycles. The quantitative estimate of drug-likeness (QED) is 0.228. The number of fused-ring (bicyclic) bond motifs is 7. The summed E-state index contributed by atoms with van der Waals surface area (Å²) in [4.78, 5) is 66.7. The van der Waals surface area contributed by atoms with E-state index in [1.807, 2.05) is 43.3 Å². The first-order valence-corrected chi connectivity index (χ1v) is 19.7. The topological polar surface area (TPSA) is 147 Å². The number of ketones is 1. The fourth-order valence-electron chi connectivity index (χ4n) is 12.7. The first kappa shape index (κ1) is 39.2. The van der Waals surface area contributed by atoms with Crippen LogP contribution in [0.5, 0.6) is 0 Å².